The van der Waals surface area contributed by atoms with Crippen molar-refractivity contribution >= 4 is 5.82 Å². The van der Waals surface area contributed by atoms with E-state index < -0.39 is 0 Å². The average molecular weight is 203 g/mol. The van der Waals surface area contributed by atoms with E-state index in [1.807, 2.05) is 13.0 Å². The number of rotatable bonds is 4. The van der Waals surface area contributed by atoms with Crippen LogP contribution in [0, 0.1) is 24.2 Å². The maximum Gasteiger partial charge on any atom is 0.144 e. The van der Waals surface area contributed by atoms with Crippen LogP contribution in [0.25, 0.3) is 0 Å². The number of nitrogens with one attached hydrogen (secondary N) is 1. The van der Waals surface area contributed by atoms with Crippen LogP contribution in [0.4, 0.5) is 5.82 Å². The first-order chi connectivity index (χ1) is 7.19. The molecule has 1 N–H and O–H groups in total. The second kappa shape index (κ2) is 5.35. The number of pyridine rings is 1. The van der Waals surface area contributed by atoms with Gasteiger partial charge in [0, 0.05) is 12.7 Å². The van der Waals surface area contributed by atoms with Crippen LogP contribution in [0.1, 0.15) is 31.4 Å². The summed E-state index contributed by atoms with van der Waals surface area (Å²) in [6.07, 6.45) is 2.86. The Morgan fingerprint density at radius 1 is 1.60 bits per heavy atom. The van der Waals surface area contributed by atoms with E-state index in [9.17, 15) is 0 Å². The predicted octanol–water partition coefficient (Wildman–Crippen LogP) is 2.72. The maximum atomic E-state index is 8.99. The second-order valence-corrected chi connectivity index (χ2v) is 3.86. The third kappa shape index (κ3) is 2.95. The molecule has 0 saturated carbocycles. The summed E-state index contributed by atoms with van der Waals surface area (Å²) in [5.41, 5.74) is 1.62. The Hall–Kier alpha value is -1.56. The minimum Gasteiger partial charge on any atom is -0.369 e. The first-order valence-electron chi connectivity index (χ1n) is 5.28. The molecule has 3 nitrogen and oxygen atoms in total. The molecule has 3 heteroatoms. The molecule has 1 aromatic heterocycles. The number of anilines is 1. The van der Waals surface area contributed by atoms with Crippen LogP contribution in [0.3, 0.4) is 0 Å². The molecule has 0 fully saturated rings. The van der Waals surface area contributed by atoms with Crippen molar-refractivity contribution in [1.29, 1.82) is 5.26 Å². The van der Waals surface area contributed by atoms with E-state index in [1.54, 1.807) is 6.20 Å². The molecule has 0 spiro atoms. The zero-order valence-electron chi connectivity index (χ0n) is 9.54. The second-order valence-electron chi connectivity index (χ2n) is 3.86. The molecular weight excluding hydrogens is 186 g/mol. The molecule has 1 aromatic rings. The normalized spacial score (nSPS) is 11.9. The summed E-state index contributed by atoms with van der Waals surface area (Å²) in [6.45, 7) is 7.12. The van der Waals surface area contributed by atoms with Gasteiger partial charge in [-0.05, 0) is 24.5 Å². The molecule has 15 heavy (non-hydrogen) atoms. The molecule has 1 atom stereocenters. The molecule has 80 valence electrons. The minimum absolute atomic E-state index is 0.596. The first kappa shape index (κ1) is 11.5. The van der Waals surface area contributed by atoms with E-state index in [0.29, 0.717) is 17.3 Å². The van der Waals surface area contributed by atoms with Crippen molar-refractivity contribution in [2.24, 2.45) is 5.92 Å². The van der Waals surface area contributed by atoms with Crippen LogP contribution in [0.15, 0.2) is 12.3 Å². The highest BCUT2D eigenvalue weighted by atomic mass is 15.0. The van der Waals surface area contributed by atoms with Gasteiger partial charge in [-0.3, -0.25) is 0 Å². The smallest absolute Gasteiger partial charge is 0.144 e. The van der Waals surface area contributed by atoms with Crippen molar-refractivity contribution in [3.63, 3.8) is 0 Å². The Kier molecular flexibility index (Phi) is 4.11. The lowest BCUT2D eigenvalue weighted by atomic mass is 10.1. The lowest BCUT2D eigenvalue weighted by molar-refractivity contribution is 0.592. The van der Waals surface area contributed by atoms with Crippen molar-refractivity contribution in [3.8, 4) is 6.07 Å². The zero-order valence-corrected chi connectivity index (χ0v) is 9.54. The molecule has 0 amide bonds. The maximum absolute atomic E-state index is 8.99. The number of hydrogen-bond acceptors (Lipinski definition) is 3. The summed E-state index contributed by atoms with van der Waals surface area (Å²) < 4.78 is 0. The lowest BCUT2D eigenvalue weighted by Gasteiger charge is -2.12. The highest BCUT2D eigenvalue weighted by Gasteiger charge is 2.06. The third-order valence-corrected chi connectivity index (χ3v) is 2.59. The standard InChI is InChI=1S/C12H17N3/c1-4-9(2)8-15-12-11(7-13)10(3)5-6-14-12/h5-6,9H,4,8H2,1-3H3,(H,14,15). The van der Waals surface area contributed by atoms with Crippen LogP contribution in [-0.2, 0) is 0 Å². The average Bonchev–Trinajstić information content (AvgIpc) is 2.25. The fourth-order valence-electron chi connectivity index (χ4n) is 1.25. The predicted molar refractivity (Wildman–Crippen MR) is 61.6 cm³/mol. The summed E-state index contributed by atoms with van der Waals surface area (Å²) in [5, 5.41) is 12.2. The quantitative estimate of drug-likeness (QED) is 0.818. The van der Waals surface area contributed by atoms with E-state index in [2.05, 4.69) is 30.2 Å². The highest BCUT2D eigenvalue weighted by Crippen LogP contribution is 2.15. The lowest BCUT2D eigenvalue weighted by Crippen LogP contribution is -2.12. The molecule has 0 radical (unpaired) electrons. The van der Waals surface area contributed by atoms with Gasteiger partial charge in [0.05, 0.1) is 5.56 Å². The fourth-order valence-corrected chi connectivity index (χ4v) is 1.25. The number of nitriles is 1. The van der Waals surface area contributed by atoms with Gasteiger partial charge in [-0.25, -0.2) is 4.98 Å². The molecule has 0 saturated heterocycles. The van der Waals surface area contributed by atoms with E-state index in [1.165, 1.54) is 0 Å². The molecule has 0 aliphatic heterocycles. The van der Waals surface area contributed by atoms with Crippen LogP contribution >= 0.6 is 0 Å². The largest absolute Gasteiger partial charge is 0.369 e. The summed E-state index contributed by atoms with van der Waals surface area (Å²) in [4.78, 5) is 4.18. The van der Waals surface area contributed by atoms with Crippen molar-refractivity contribution in [1.82, 2.24) is 4.98 Å². The van der Waals surface area contributed by atoms with E-state index in [-0.39, 0.29) is 0 Å². The van der Waals surface area contributed by atoms with Gasteiger partial charge in [-0.1, -0.05) is 20.3 Å². The Morgan fingerprint density at radius 2 is 2.33 bits per heavy atom. The SMILES string of the molecule is CCC(C)CNc1nccc(C)c1C#N. The monoisotopic (exact) mass is 203 g/mol. The van der Waals surface area contributed by atoms with Gasteiger partial charge < -0.3 is 5.32 Å². The van der Waals surface area contributed by atoms with Gasteiger partial charge >= 0.3 is 0 Å². The summed E-state index contributed by atoms with van der Waals surface area (Å²) in [6, 6.07) is 4.03. The molecule has 0 aliphatic carbocycles. The summed E-state index contributed by atoms with van der Waals surface area (Å²) in [5.74, 6) is 1.30. The topological polar surface area (TPSA) is 48.7 Å². The van der Waals surface area contributed by atoms with E-state index in [4.69, 9.17) is 5.26 Å². The van der Waals surface area contributed by atoms with Gasteiger partial charge in [0.25, 0.3) is 0 Å². The Balaban J connectivity index is 2.77. The van der Waals surface area contributed by atoms with Crippen molar-refractivity contribution in [2.45, 2.75) is 27.2 Å². The van der Waals surface area contributed by atoms with Gasteiger partial charge in [0.2, 0.25) is 0 Å². The van der Waals surface area contributed by atoms with Crippen LogP contribution in [-0.4, -0.2) is 11.5 Å². The summed E-state index contributed by atoms with van der Waals surface area (Å²) >= 11 is 0. The molecule has 1 rings (SSSR count). The zero-order chi connectivity index (χ0) is 11.3. The molecule has 1 unspecified atom stereocenters. The Labute approximate surface area is 91.1 Å². The van der Waals surface area contributed by atoms with Gasteiger partial charge in [-0.2, -0.15) is 5.26 Å². The Bertz CT molecular complexity index is 366. The minimum atomic E-state index is 0.596. The Morgan fingerprint density at radius 3 is 2.93 bits per heavy atom. The molecular formula is C12H17N3. The van der Waals surface area contributed by atoms with Gasteiger partial charge in [-0.15, -0.1) is 0 Å². The molecule has 0 aliphatic rings. The van der Waals surface area contributed by atoms with E-state index in [0.717, 1.165) is 18.5 Å². The summed E-state index contributed by atoms with van der Waals surface area (Å²) in [7, 11) is 0. The van der Waals surface area contributed by atoms with Crippen molar-refractivity contribution in [2.75, 3.05) is 11.9 Å². The van der Waals surface area contributed by atoms with Crippen molar-refractivity contribution < 1.29 is 0 Å². The fraction of sp³-hybridized carbons (Fsp3) is 0.500. The molecule has 0 bridgehead atoms. The highest BCUT2D eigenvalue weighted by molar-refractivity contribution is 5.55. The van der Waals surface area contributed by atoms with E-state index >= 15 is 0 Å². The van der Waals surface area contributed by atoms with Crippen LogP contribution in [0.5, 0.6) is 0 Å². The van der Waals surface area contributed by atoms with Crippen LogP contribution in [0.2, 0.25) is 0 Å². The van der Waals surface area contributed by atoms with Gasteiger partial charge in [0.1, 0.15) is 11.9 Å². The number of aromatic nitrogens is 1. The molecule has 1 heterocycles. The van der Waals surface area contributed by atoms with Gasteiger partial charge in [0.15, 0.2) is 0 Å². The first-order valence-corrected chi connectivity index (χ1v) is 5.28. The number of hydrogen-bond donors (Lipinski definition) is 1. The van der Waals surface area contributed by atoms with Crippen LogP contribution < -0.4 is 5.32 Å². The third-order valence-electron chi connectivity index (χ3n) is 2.59. The molecule has 0 aromatic carbocycles. The number of nitrogens with zero attached hydrogens (tertiary/aromatic N) is 2. The van der Waals surface area contributed by atoms with Crippen molar-refractivity contribution in [3.05, 3.63) is 23.4 Å². The number of aryl methyl sites for hydroxylation is 1.